The van der Waals surface area contributed by atoms with E-state index in [0.29, 0.717) is 17.3 Å². The van der Waals surface area contributed by atoms with Gasteiger partial charge in [-0.05, 0) is 48.9 Å². The van der Waals surface area contributed by atoms with E-state index in [1.54, 1.807) is 12.3 Å². The van der Waals surface area contributed by atoms with E-state index in [1.165, 1.54) is 5.56 Å². The lowest BCUT2D eigenvalue weighted by molar-refractivity contribution is 0.0714. The number of carbonyl (C=O) groups is 1. The second-order valence-electron chi connectivity index (χ2n) is 7.74. The number of nitrogens with one attached hydrogen (secondary N) is 1. The molecule has 2 aliphatic rings. The van der Waals surface area contributed by atoms with Crippen molar-refractivity contribution in [3.05, 3.63) is 51.9 Å². The molecule has 7 heteroatoms. The highest BCUT2D eigenvalue weighted by Gasteiger charge is 2.28. The summed E-state index contributed by atoms with van der Waals surface area (Å²) in [7, 11) is 2.00. The molecule has 1 amide bonds. The fourth-order valence-electron chi connectivity index (χ4n) is 4.11. The van der Waals surface area contributed by atoms with E-state index in [0.717, 1.165) is 55.6 Å². The Kier molecular flexibility index (Phi) is 5.51. The summed E-state index contributed by atoms with van der Waals surface area (Å²) < 4.78 is 0. The van der Waals surface area contributed by atoms with Crippen LogP contribution < -0.4 is 10.2 Å². The lowest BCUT2D eigenvalue weighted by atomic mass is 9.92. The molecule has 2 N–H and O–H groups in total. The number of fused-ring (bicyclic) bond motifs is 1. The van der Waals surface area contributed by atoms with Crippen molar-refractivity contribution in [1.29, 1.82) is 0 Å². The molecule has 1 saturated carbocycles. The molecule has 0 bridgehead atoms. The molecule has 4 rings (SSSR count). The number of rotatable bonds is 4. The maximum atomic E-state index is 12.9. The summed E-state index contributed by atoms with van der Waals surface area (Å²) in [6.07, 6.45) is 6.46. The van der Waals surface area contributed by atoms with Crippen LogP contribution in [0.3, 0.4) is 0 Å². The number of hydrogen-bond acceptors (Lipinski definition) is 5. The third-order valence-corrected chi connectivity index (χ3v) is 5.94. The molecule has 6 nitrogen and oxygen atoms in total. The molecule has 0 saturated heterocycles. The number of nitrogens with zero attached hydrogens (tertiary/aromatic N) is 3. The Morgan fingerprint density at radius 2 is 2.18 bits per heavy atom. The minimum absolute atomic E-state index is 0.196. The van der Waals surface area contributed by atoms with E-state index < -0.39 is 6.10 Å². The van der Waals surface area contributed by atoms with Crippen molar-refractivity contribution < 1.29 is 9.90 Å². The molecule has 0 spiro atoms. The molecule has 1 aliphatic heterocycles. The molecule has 2 aromatic heterocycles. The lowest BCUT2D eigenvalue weighted by Crippen LogP contribution is -2.45. The second-order valence-corrected chi connectivity index (χ2v) is 8.13. The minimum atomic E-state index is -0.477. The molecule has 2 atom stereocenters. The Hall–Kier alpha value is -2.18. The Balaban J connectivity index is 1.61. The van der Waals surface area contributed by atoms with Crippen LogP contribution in [0, 0.1) is 0 Å². The van der Waals surface area contributed by atoms with E-state index in [9.17, 15) is 9.90 Å². The molecule has 148 valence electrons. The summed E-state index contributed by atoms with van der Waals surface area (Å²) in [6, 6.07) is 5.43. The maximum absolute atomic E-state index is 12.9. The van der Waals surface area contributed by atoms with Gasteiger partial charge >= 0.3 is 0 Å². The van der Waals surface area contributed by atoms with Gasteiger partial charge < -0.3 is 15.3 Å². The number of aromatic nitrogens is 2. The van der Waals surface area contributed by atoms with Gasteiger partial charge in [0.15, 0.2) is 0 Å². The standard InChI is InChI=1S/C21H25ClN4O2/c1-26-9-8-15-14(10-13-6-7-19(22)23-12-13)11-17(24-20(15)26)21(28)25-16-4-2-3-5-18(16)27/h6-7,11-12,16,18,27H,2-5,8-10H2,1H3,(H,25,28). The van der Waals surface area contributed by atoms with E-state index in [4.69, 9.17) is 11.6 Å². The molecule has 2 unspecified atom stereocenters. The number of likely N-dealkylation sites (N-methyl/N-ethyl adjacent to an activating group) is 1. The second kappa shape index (κ2) is 8.05. The van der Waals surface area contributed by atoms with Crippen LogP contribution in [-0.4, -0.2) is 46.7 Å². The molecule has 2 aromatic rings. The summed E-state index contributed by atoms with van der Waals surface area (Å²) in [5.74, 6) is 0.651. The van der Waals surface area contributed by atoms with Crippen molar-refractivity contribution in [3.8, 4) is 0 Å². The first-order valence-corrected chi connectivity index (χ1v) is 10.2. The minimum Gasteiger partial charge on any atom is -0.391 e. The van der Waals surface area contributed by atoms with Crippen LogP contribution in [0.5, 0.6) is 0 Å². The summed E-state index contributed by atoms with van der Waals surface area (Å²) >= 11 is 5.90. The normalized spacial score (nSPS) is 21.5. The van der Waals surface area contributed by atoms with Crippen molar-refractivity contribution in [2.24, 2.45) is 0 Å². The Morgan fingerprint density at radius 3 is 2.93 bits per heavy atom. The van der Waals surface area contributed by atoms with Gasteiger partial charge in [0.2, 0.25) is 0 Å². The maximum Gasteiger partial charge on any atom is 0.270 e. The van der Waals surface area contributed by atoms with Crippen LogP contribution >= 0.6 is 11.6 Å². The smallest absolute Gasteiger partial charge is 0.270 e. The number of amides is 1. The first-order chi connectivity index (χ1) is 13.5. The number of pyridine rings is 2. The number of aliphatic hydroxyl groups is 1. The Labute approximate surface area is 169 Å². The molecule has 1 fully saturated rings. The number of halogens is 1. The fourth-order valence-corrected chi connectivity index (χ4v) is 4.22. The number of anilines is 1. The number of hydrogen-bond donors (Lipinski definition) is 2. The first-order valence-electron chi connectivity index (χ1n) is 9.84. The predicted molar refractivity (Wildman–Crippen MR) is 109 cm³/mol. The predicted octanol–water partition coefficient (Wildman–Crippen LogP) is 2.75. The average Bonchev–Trinajstić information content (AvgIpc) is 3.07. The molecule has 3 heterocycles. The number of carbonyl (C=O) groups excluding carboxylic acids is 1. The van der Waals surface area contributed by atoms with Gasteiger partial charge in [-0.15, -0.1) is 0 Å². The highest BCUT2D eigenvalue weighted by Crippen LogP contribution is 2.30. The van der Waals surface area contributed by atoms with Crippen molar-refractivity contribution in [2.45, 2.75) is 50.7 Å². The van der Waals surface area contributed by atoms with Gasteiger partial charge in [-0.2, -0.15) is 0 Å². The van der Waals surface area contributed by atoms with Crippen molar-refractivity contribution >= 4 is 23.3 Å². The number of aliphatic hydroxyl groups excluding tert-OH is 1. The van der Waals surface area contributed by atoms with Gasteiger partial charge in [0.25, 0.3) is 5.91 Å². The molecule has 0 aromatic carbocycles. The van der Waals surface area contributed by atoms with Gasteiger partial charge in [0, 0.05) is 25.4 Å². The monoisotopic (exact) mass is 400 g/mol. The summed E-state index contributed by atoms with van der Waals surface area (Å²) in [4.78, 5) is 23.8. The van der Waals surface area contributed by atoms with E-state index >= 15 is 0 Å². The zero-order valence-corrected chi connectivity index (χ0v) is 16.7. The van der Waals surface area contributed by atoms with Gasteiger partial charge in [0.05, 0.1) is 12.1 Å². The van der Waals surface area contributed by atoms with Crippen molar-refractivity contribution in [3.63, 3.8) is 0 Å². The SMILES string of the molecule is CN1CCc2c(Cc3ccc(Cl)nc3)cc(C(=O)NC3CCCCC3O)nc21. The summed E-state index contributed by atoms with van der Waals surface area (Å²) in [5.41, 5.74) is 3.73. The summed E-state index contributed by atoms with van der Waals surface area (Å²) in [5, 5.41) is 13.6. The van der Waals surface area contributed by atoms with Crippen molar-refractivity contribution in [2.75, 3.05) is 18.5 Å². The third kappa shape index (κ3) is 3.98. The van der Waals surface area contributed by atoms with Gasteiger partial charge in [-0.25, -0.2) is 9.97 Å². The van der Waals surface area contributed by atoms with Gasteiger partial charge in [-0.3, -0.25) is 4.79 Å². The average molecular weight is 401 g/mol. The zero-order chi connectivity index (χ0) is 19.7. The van der Waals surface area contributed by atoms with E-state index in [2.05, 4.69) is 20.2 Å². The Bertz CT molecular complexity index is 871. The quantitative estimate of drug-likeness (QED) is 0.771. The van der Waals surface area contributed by atoms with Crippen LogP contribution in [-0.2, 0) is 12.8 Å². The highest BCUT2D eigenvalue weighted by molar-refractivity contribution is 6.29. The first kappa shape index (κ1) is 19.2. The lowest BCUT2D eigenvalue weighted by Gasteiger charge is -2.28. The van der Waals surface area contributed by atoms with Crippen LogP contribution in [0.4, 0.5) is 5.82 Å². The van der Waals surface area contributed by atoms with Crippen LogP contribution in [0.1, 0.15) is 52.9 Å². The zero-order valence-electron chi connectivity index (χ0n) is 16.0. The van der Waals surface area contributed by atoms with E-state index in [1.807, 2.05) is 19.2 Å². The Morgan fingerprint density at radius 1 is 1.36 bits per heavy atom. The fraction of sp³-hybridized carbons (Fsp3) is 0.476. The molecular weight excluding hydrogens is 376 g/mol. The van der Waals surface area contributed by atoms with E-state index in [-0.39, 0.29) is 11.9 Å². The van der Waals surface area contributed by atoms with Gasteiger partial charge in [-0.1, -0.05) is 30.5 Å². The molecule has 28 heavy (non-hydrogen) atoms. The summed E-state index contributed by atoms with van der Waals surface area (Å²) in [6.45, 7) is 0.889. The van der Waals surface area contributed by atoms with Crippen molar-refractivity contribution in [1.82, 2.24) is 15.3 Å². The van der Waals surface area contributed by atoms with Crippen LogP contribution in [0.25, 0.3) is 0 Å². The van der Waals surface area contributed by atoms with Gasteiger partial charge in [0.1, 0.15) is 16.7 Å². The van der Waals surface area contributed by atoms with Crippen LogP contribution in [0.15, 0.2) is 24.4 Å². The molecule has 1 aliphatic carbocycles. The molecular formula is C21H25ClN4O2. The van der Waals surface area contributed by atoms with Crippen LogP contribution in [0.2, 0.25) is 5.15 Å². The third-order valence-electron chi connectivity index (χ3n) is 5.72. The molecule has 0 radical (unpaired) electrons. The largest absolute Gasteiger partial charge is 0.391 e. The topological polar surface area (TPSA) is 78.4 Å². The highest BCUT2D eigenvalue weighted by atomic mass is 35.5.